The van der Waals surface area contributed by atoms with Crippen molar-refractivity contribution in [3.63, 3.8) is 0 Å². The molecule has 0 spiro atoms. The first-order chi connectivity index (χ1) is 14.1. The quantitative estimate of drug-likeness (QED) is 0.639. The Morgan fingerprint density at radius 3 is 2.50 bits per heavy atom. The Hall–Kier alpha value is -3.49. The van der Waals surface area contributed by atoms with Crippen molar-refractivity contribution in [2.24, 2.45) is 0 Å². The number of hydrogen-bond acceptors (Lipinski definition) is 7. The standard InChI is InChI=1S/C21H25N5O4/c1-12(20-26-25-13(2)30-20)23-18(27)16-10-22-17(24-19(16)28)11-29-15-8-6-14(7-9-15)21(3,4)5/h6-10,12H,11H2,1-5H3,(H,23,27)(H,22,24,28). The zero-order valence-corrected chi connectivity index (χ0v) is 17.6. The zero-order valence-electron chi connectivity index (χ0n) is 17.6. The van der Waals surface area contributed by atoms with Gasteiger partial charge < -0.3 is 19.5 Å². The third-order valence-corrected chi connectivity index (χ3v) is 4.45. The fourth-order valence-corrected chi connectivity index (χ4v) is 2.69. The maximum absolute atomic E-state index is 12.4. The Kier molecular flexibility index (Phi) is 6.00. The molecule has 0 saturated heterocycles. The number of benzene rings is 1. The lowest BCUT2D eigenvalue weighted by molar-refractivity contribution is 0.0931. The lowest BCUT2D eigenvalue weighted by Crippen LogP contribution is -2.32. The monoisotopic (exact) mass is 411 g/mol. The molecular formula is C21H25N5O4. The molecule has 9 heteroatoms. The molecule has 2 N–H and O–H groups in total. The van der Waals surface area contributed by atoms with Gasteiger partial charge in [-0.1, -0.05) is 32.9 Å². The minimum absolute atomic E-state index is 0.0571. The van der Waals surface area contributed by atoms with Crippen molar-refractivity contribution in [3.8, 4) is 5.75 Å². The Morgan fingerprint density at radius 1 is 1.23 bits per heavy atom. The molecule has 1 aromatic carbocycles. The number of amides is 1. The van der Waals surface area contributed by atoms with E-state index in [1.807, 2.05) is 24.3 Å². The number of nitrogens with zero attached hydrogens (tertiary/aromatic N) is 3. The lowest BCUT2D eigenvalue weighted by atomic mass is 9.87. The molecule has 1 atom stereocenters. The Morgan fingerprint density at radius 2 is 1.93 bits per heavy atom. The van der Waals surface area contributed by atoms with Gasteiger partial charge in [-0.15, -0.1) is 10.2 Å². The van der Waals surface area contributed by atoms with Crippen LogP contribution in [0.5, 0.6) is 5.75 Å². The van der Waals surface area contributed by atoms with E-state index >= 15 is 0 Å². The number of aromatic nitrogens is 4. The van der Waals surface area contributed by atoms with Gasteiger partial charge in [0.2, 0.25) is 11.8 Å². The number of rotatable bonds is 6. The smallest absolute Gasteiger partial charge is 0.263 e. The maximum atomic E-state index is 12.4. The number of nitrogens with one attached hydrogen (secondary N) is 2. The summed E-state index contributed by atoms with van der Waals surface area (Å²) >= 11 is 0. The summed E-state index contributed by atoms with van der Waals surface area (Å²) in [7, 11) is 0. The van der Waals surface area contributed by atoms with Crippen LogP contribution in [0.2, 0.25) is 0 Å². The van der Waals surface area contributed by atoms with E-state index in [0.717, 1.165) is 0 Å². The van der Waals surface area contributed by atoms with E-state index in [-0.39, 0.29) is 23.5 Å². The first kappa shape index (κ1) is 21.2. The highest BCUT2D eigenvalue weighted by Crippen LogP contribution is 2.24. The van der Waals surface area contributed by atoms with Gasteiger partial charge in [0, 0.05) is 13.1 Å². The van der Waals surface area contributed by atoms with E-state index in [4.69, 9.17) is 9.15 Å². The molecule has 3 rings (SSSR count). The van der Waals surface area contributed by atoms with Crippen LogP contribution in [0.25, 0.3) is 0 Å². The lowest BCUT2D eigenvalue weighted by Gasteiger charge is -2.19. The van der Waals surface area contributed by atoms with Crippen molar-refractivity contribution >= 4 is 5.91 Å². The molecule has 9 nitrogen and oxygen atoms in total. The molecule has 1 unspecified atom stereocenters. The van der Waals surface area contributed by atoms with Gasteiger partial charge in [0.05, 0.1) is 0 Å². The van der Waals surface area contributed by atoms with Crippen molar-refractivity contribution in [2.75, 3.05) is 0 Å². The summed E-state index contributed by atoms with van der Waals surface area (Å²) in [4.78, 5) is 31.4. The number of aryl methyl sites for hydroxylation is 1. The molecular weight excluding hydrogens is 386 g/mol. The molecule has 0 radical (unpaired) electrons. The first-order valence-electron chi connectivity index (χ1n) is 9.56. The van der Waals surface area contributed by atoms with E-state index in [1.54, 1.807) is 13.8 Å². The molecule has 30 heavy (non-hydrogen) atoms. The minimum Gasteiger partial charge on any atom is -0.486 e. The van der Waals surface area contributed by atoms with Gasteiger partial charge in [0.25, 0.3) is 11.5 Å². The van der Waals surface area contributed by atoms with Crippen molar-refractivity contribution < 1.29 is 13.9 Å². The van der Waals surface area contributed by atoms with Crippen molar-refractivity contribution in [3.05, 3.63) is 69.5 Å². The molecule has 3 aromatic rings. The molecule has 0 aliphatic rings. The van der Waals surface area contributed by atoms with Gasteiger partial charge in [0.1, 0.15) is 29.8 Å². The third-order valence-electron chi connectivity index (χ3n) is 4.45. The van der Waals surface area contributed by atoms with Gasteiger partial charge in [-0.2, -0.15) is 0 Å². The summed E-state index contributed by atoms with van der Waals surface area (Å²) in [5, 5.41) is 10.2. The SMILES string of the molecule is Cc1nnc(C(C)NC(=O)c2cnc(COc3ccc(C(C)(C)C)cc3)[nH]c2=O)o1. The second kappa shape index (κ2) is 8.48. The summed E-state index contributed by atoms with van der Waals surface area (Å²) in [6, 6.07) is 7.22. The average Bonchev–Trinajstić information content (AvgIpc) is 3.12. The fraction of sp³-hybridized carbons (Fsp3) is 0.381. The summed E-state index contributed by atoms with van der Waals surface area (Å²) in [6.45, 7) is 9.82. The minimum atomic E-state index is -0.586. The van der Waals surface area contributed by atoms with Gasteiger partial charge in [-0.05, 0) is 30.0 Å². The van der Waals surface area contributed by atoms with Crippen LogP contribution in [0.3, 0.4) is 0 Å². The number of carbonyl (C=O) groups is 1. The van der Waals surface area contributed by atoms with Gasteiger partial charge in [0.15, 0.2) is 0 Å². The molecule has 1 amide bonds. The van der Waals surface area contributed by atoms with Crippen LogP contribution >= 0.6 is 0 Å². The molecule has 158 valence electrons. The average molecular weight is 411 g/mol. The van der Waals surface area contributed by atoms with E-state index in [2.05, 4.69) is 46.3 Å². The van der Waals surface area contributed by atoms with Crippen LogP contribution < -0.4 is 15.6 Å². The van der Waals surface area contributed by atoms with Crippen molar-refractivity contribution in [1.82, 2.24) is 25.5 Å². The molecule has 0 aliphatic carbocycles. The number of H-pyrrole nitrogens is 1. The van der Waals surface area contributed by atoms with E-state index in [9.17, 15) is 9.59 Å². The van der Waals surface area contributed by atoms with E-state index in [0.29, 0.717) is 17.5 Å². The Bertz CT molecular complexity index is 1080. The number of aromatic amines is 1. The van der Waals surface area contributed by atoms with Gasteiger partial charge >= 0.3 is 0 Å². The predicted octanol–water partition coefficient (Wildman–Crippen LogP) is 2.83. The summed E-state index contributed by atoms with van der Waals surface area (Å²) in [5.41, 5.74) is 0.581. The van der Waals surface area contributed by atoms with Crippen LogP contribution in [-0.2, 0) is 12.0 Å². The van der Waals surface area contributed by atoms with Crippen LogP contribution in [0.15, 0.2) is 39.7 Å². The molecule has 2 heterocycles. The number of ether oxygens (including phenoxy) is 1. The predicted molar refractivity (Wildman–Crippen MR) is 109 cm³/mol. The highest BCUT2D eigenvalue weighted by molar-refractivity contribution is 5.93. The molecule has 0 aliphatic heterocycles. The van der Waals surface area contributed by atoms with Gasteiger partial charge in [-0.3, -0.25) is 9.59 Å². The highest BCUT2D eigenvalue weighted by atomic mass is 16.5. The normalized spacial score (nSPS) is 12.4. The maximum Gasteiger partial charge on any atom is 0.263 e. The topological polar surface area (TPSA) is 123 Å². The zero-order chi connectivity index (χ0) is 21.9. The second-order valence-electron chi connectivity index (χ2n) is 7.99. The Labute approximate surface area is 173 Å². The van der Waals surface area contributed by atoms with Crippen LogP contribution in [0.1, 0.15) is 67.3 Å². The van der Waals surface area contributed by atoms with Crippen molar-refractivity contribution in [1.29, 1.82) is 0 Å². The Balaban J connectivity index is 1.62. The summed E-state index contributed by atoms with van der Waals surface area (Å²) in [6.07, 6.45) is 1.22. The molecule has 0 fully saturated rings. The molecule has 2 aromatic heterocycles. The highest BCUT2D eigenvalue weighted by Gasteiger charge is 2.19. The number of hydrogen-bond donors (Lipinski definition) is 2. The van der Waals surface area contributed by atoms with E-state index < -0.39 is 17.5 Å². The van der Waals surface area contributed by atoms with Crippen LogP contribution in [-0.4, -0.2) is 26.1 Å². The van der Waals surface area contributed by atoms with Crippen molar-refractivity contribution in [2.45, 2.75) is 52.7 Å². The van der Waals surface area contributed by atoms with Crippen LogP contribution in [0, 0.1) is 6.92 Å². The largest absolute Gasteiger partial charge is 0.486 e. The molecule has 0 saturated carbocycles. The summed E-state index contributed by atoms with van der Waals surface area (Å²) in [5.74, 6) is 1.04. The number of carbonyl (C=O) groups excluding carboxylic acids is 1. The second-order valence-corrected chi connectivity index (χ2v) is 7.99. The molecule has 0 bridgehead atoms. The fourth-order valence-electron chi connectivity index (χ4n) is 2.69. The van der Waals surface area contributed by atoms with Gasteiger partial charge in [-0.25, -0.2) is 4.98 Å². The van der Waals surface area contributed by atoms with Crippen LogP contribution in [0.4, 0.5) is 0 Å². The summed E-state index contributed by atoms with van der Waals surface area (Å²) < 4.78 is 11.0. The first-order valence-corrected chi connectivity index (χ1v) is 9.56. The third kappa shape index (κ3) is 5.11. The van der Waals surface area contributed by atoms with E-state index in [1.165, 1.54) is 11.8 Å².